The van der Waals surface area contributed by atoms with E-state index in [1.54, 1.807) is 4.90 Å². The first-order valence-electron chi connectivity index (χ1n) is 8.27. The van der Waals surface area contributed by atoms with Crippen LogP contribution in [0.15, 0.2) is 18.2 Å². The molecule has 0 bridgehead atoms. The lowest BCUT2D eigenvalue weighted by Crippen LogP contribution is -2.47. The highest BCUT2D eigenvalue weighted by molar-refractivity contribution is 7.91. The highest BCUT2D eigenvalue weighted by Gasteiger charge is 2.33. The molecule has 0 spiro atoms. The van der Waals surface area contributed by atoms with Crippen molar-refractivity contribution in [2.75, 3.05) is 31.2 Å². The predicted octanol–water partition coefficient (Wildman–Crippen LogP) is 1.90. The lowest BCUT2D eigenvalue weighted by atomic mass is 10.1. The van der Waals surface area contributed by atoms with Gasteiger partial charge in [-0.3, -0.25) is 0 Å². The van der Waals surface area contributed by atoms with Gasteiger partial charge in [0.1, 0.15) is 12.4 Å². The maximum atomic E-state index is 12.2. The van der Waals surface area contributed by atoms with Crippen molar-refractivity contribution in [3.63, 3.8) is 0 Å². The van der Waals surface area contributed by atoms with Crippen molar-refractivity contribution in [1.29, 1.82) is 0 Å². The van der Waals surface area contributed by atoms with Crippen molar-refractivity contribution >= 4 is 15.9 Å². The van der Waals surface area contributed by atoms with Crippen LogP contribution in [0.4, 0.5) is 4.79 Å². The van der Waals surface area contributed by atoms with Gasteiger partial charge >= 0.3 is 6.03 Å². The number of nitrogens with zero attached hydrogens (tertiary/aromatic N) is 1. The Balaban J connectivity index is 1.78. The number of carbonyl (C=O) groups is 1. The number of amides is 2. The molecule has 0 radical (unpaired) electrons. The Hall–Kier alpha value is -1.76. The zero-order chi connectivity index (χ0) is 17.7. The van der Waals surface area contributed by atoms with E-state index in [1.165, 1.54) is 5.56 Å². The predicted molar refractivity (Wildman–Crippen MR) is 94.2 cm³/mol. The van der Waals surface area contributed by atoms with Crippen molar-refractivity contribution < 1.29 is 17.9 Å². The van der Waals surface area contributed by atoms with Gasteiger partial charge in [0.15, 0.2) is 9.84 Å². The maximum Gasteiger partial charge on any atom is 0.317 e. The summed E-state index contributed by atoms with van der Waals surface area (Å²) < 4.78 is 28.8. The average Bonchev–Trinajstić information content (AvgIpc) is 2.88. The number of rotatable bonds is 6. The fourth-order valence-corrected chi connectivity index (χ4v) is 4.55. The van der Waals surface area contributed by atoms with Crippen LogP contribution in [-0.2, 0) is 9.84 Å². The molecular weight excluding hydrogens is 328 g/mol. The average molecular weight is 354 g/mol. The van der Waals surface area contributed by atoms with Gasteiger partial charge in [-0.2, -0.15) is 0 Å². The Bertz CT molecular complexity index is 688. The standard InChI is InChI=1S/C17H26N2O4S/c1-4-19(15-7-10-24(21,22)12-15)17(20)18-8-9-23-16-6-5-13(2)14(3)11-16/h5-6,11,15H,4,7-10,12H2,1-3H3,(H,18,20). The third-order valence-electron chi connectivity index (χ3n) is 4.38. The van der Waals surface area contributed by atoms with E-state index >= 15 is 0 Å². The second-order valence-electron chi connectivity index (χ2n) is 6.17. The molecule has 6 nitrogen and oxygen atoms in total. The molecule has 0 saturated carbocycles. The second kappa shape index (κ2) is 7.88. The van der Waals surface area contributed by atoms with Crippen molar-refractivity contribution in [3.05, 3.63) is 29.3 Å². The number of carbonyl (C=O) groups excluding carboxylic acids is 1. The second-order valence-corrected chi connectivity index (χ2v) is 8.40. The number of sulfone groups is 1. The third kappa shape index (κ3) is 4.87. The van der Waals surface area contributed by atoms with Crippen molar-refractivity contribution in [2.45, 2.75) is 33.2 Å². The number of aryl methyl sites for hydroxylation is 2. The Labute approximate surface area is 144 Å². The minimum Gasteiger partial charge on any atom is -0.492 e. The van der Waals surface area contributed by atoms with Crippen LogP contribution in [0.25, 0.3) is 0 Å². The highest BCUT2D eigenvalue weighted by Crippen LogP contribution is 2.18. The van der Waals surface area contributed by atoms with Gasteiger partial charge in [0.25, 0.3) is 0 Å². The van der Waals surface area contributed by atoms with Crippen LogP contribution in [0, 0.1) is 13.8 Å². The van der Waals surface area contributed by atoms with Crippen LogP contribution in [0.5, 0.6) is 5.75 Å². The molecule has 2 amide bonds. The fourth-order valence-electron chi connectivity index (χ4n) is 2.82. The summed E-state index contributed by atoms with van der Waals surface area (Å²) in [5.74, 6) is 1.01. The van der Waals surface area contributed by atoms with Crippen LogP contribution in [0.1, 0.15) is 24.5 Å². The third-order valence-corrected chi connectivity index (χ3v) is 6.13. The summed E-state index contributed by atoms with van der Waals surface area (Å²) in [7, 11) is -3.00. The topological polar surface area (TPSA) is 75.7 Å². The number of nitrogens with one attached hydrogen (secondary N) is 1. The Morgan fingerprint density at radius 1 is 1.33 bits per heavy atom. The monoisotopic (exact) mass is 354 g/mol. The zero-order valence-electron chi connectivity index (χ0n) is 14.5. The number of hydrogen-bond acceptors (Lipinski definition) is 4. The molecule has 1 aromatic rings. The number of urea groups is 1. The van der Waals surface area contributed by atoms with Crippen LogP contribution in [-0.4, -0.2) is 56.6 Å². The summed E-state index contributed by atoms with van der Waals surface area (Å²) in [4.78, 5) is 13.8. The minimum atomic E-state index is -3.00. The van der Waals surface area contributed by atoms with Crippen molar-refractivity contribution in [2.24, 2.45) is 0 Å². The van der Waals surface area contributed by atoms with E-state index in [2.05, 4.69) is 5.32 Å². The van der Waals surface area contributed by atoms with Crippen LogP contribution >= 0.6 is 0 Å². The molecule has 7 heteroatoms. The lowest BCUT2D eigenvalue weighted by molar-refractivity contribution is 0.181. The summed E-state index contributed by atoms with van der Waals surface area (Å²) >= 11 is 0. The highest BCUT2D eigenvalue weighted by atomic mass is 32.2. The summed E-state index contributed by atoms with van der Waals surface area (Å²) in [5.41, 5.74) is 2.37. The molecule has 1 aliphatic heterocycles. The number of ether oxygens (including phenoxy) is 1. The van der Waals surface area contributed by atoms with E-state index < -0.39 is 9.84 Å². The first-order valence-corrected chi connectivity index (χ1v) is 10.1. The van der Waals surface area contributed by atoms with Gasteiger partial charge in [0.2, 0.25) is 0 Å². The molecular formula is C17H26N2O4S. The van der Waals surface area contributed by atoms with E-state index in [0.29, 0.717) is 26.1 Å². The summed E-state index contributed by atoms with van der Waals surface area (Å²) in [5, 5.41) is 2.80. The van der Waals surface area contributed by atoms with Gasteiger partial charge in [0, 0.05) is 12.6 Å². The summed E-state index contributed by atoms with van der Waals surface area (Å²) in [6.45, 7) is 7.16. The quantitative estimate of drug-likeness (QED) is 0.792. The normalized spacial score (nSPS) is 19.0. The van der Waals surface area contributed by atoms with Crippen molar-refractivity contribution in [3.8, 4) is 5.75 Å². The van der Waals surface area contributed by atoms with Gasteiger partial charge in [-0.15, -0.1) is 0 Å². The Kier molecular flexibility index (Phi) is 6.10. The largest absolute Gasteiger partial charge is 0.492 e. The van der Waals surface area contributed by atoms with Crippen molar-refractivity contribution in [1.82, 2.24) is 10.2 Å². The van der Waals surface area contributed by atoms with Gasteiger partial charge in [-0.1, -0.05) is 6.07 Å². The molecule has 1 heterocycles. The van der Waals surface area contributed by atoms with E-state index in [-0.39, 0.29) is 23.6 Å². The Morgan fingerprint density at radius 3 is 2.67 bits per heavy atom. The zero-order valence-corrected chi connectivity index (χ0v) is 15.4. The minimum absolute atomic E-state index is 0.0629. The first kappa shape index (κ1) is 18.6. The molecule has 1 atom stereocenters. The Morgan fingerprint density at radius 2 is 2.08 bits per heavy atom. The van der Waals surface area contributed by atoms with Crippen LogP contribution < -0.4 is 10.1 Å². The van der Waals surface area contributed by atoms with Crippen LogP contribution in [0.2, 0.25) is 0 Å². The van der Waals surface area contributed by atoms with Gasteiger partial charge in [-0.05, 0) is 50.5 Å². The smallest absolute Gasteiger partial charge is 0.317 e. The number of benzene rings is 1. The van der Waals surface area contributed by atoms with Gasteiger partial charge < -0.3 is 15.0 Å². The fraction of sp³-hybridized carbons (Fsp3) is 0.588. The molecule has 0 aliphatic carbocycles. The SMILES string of the molecule is CCN(C(=O)NCCOc1ccc(C)c(C)c1)C1CCS(=O)(=O)C1. The van der Waals surface area contributed by atoms with Crippen LogP contribution in [0.3, 0.4) is 0 Å². The van der Waals surface area contributed by atoms with E-state index in [0.717, 1.165) is 11.3 Å². The van der Waals surface area contributed by atoms with Gasteiger partial charge in [0.05, 0.1) is 18.1 Å². The molecule has 24 heavy (non-hydrogen) atoms. The van der Waals surface area contributed by atoms with E-state index in [4.69, 9.17) is 4.74 Å². The number of hydrogen-bond donors (Lipinski definition) is 1. The molecule has 1 saturated heterocycles. The molecule has 1 aliphatic rings. The molecule has 1 N–H and O–H groups in total. The molecule has 1 unspecified atom stereocenters. The molecule has 0 aromatic heterocycles. The molecule has 1 aromatic carbocycles. The lowest BCUT2D eigenvalue weighted by Gasteiger charge is -2.27. The summed E-state index contributed by atoms with van der Waals surface area (Å²) in [6.07, 6.45) is 0.517. The maximum absolute atomic E-state index is 12.2. The first-order chi connectivity index (χ1) is 11.3. The van der Waals surface area contributed by atoms with E-state index in [1.807, 2.05) is 39.0 Å². The molecule has 134 valence electrons. The summed E-state index contributed by atoms with van der Waals surface area (Å²) in [6, 6.07) is 5.43. The van der Waals surface area contributed by atoms with E-state index in [9.17, 15) is 13.2 Å². The van der Waals surface area contributed by atoms with Gasteiger partial charge in [-0.25, -0.2) is 13.2 Å². The molecule has 1 fully saturated rings. The molecule has 2 rings (SSSR count).